The quantitative estimate of drug-likeness (QED) is 0.0614. The molecule has 0 bridgehead atoms. The van der Waals surface area contributed by atoms with Gasteiger partial charge in [-0.2, -0.15) is 0 Å². The molecule has 3 amide bonds. The Balaban J connectivity index is 1.55. The van der Waals surface area contributed by atoms with Gasteiger partial charge in [0.25, 0.3) is 17.5 Å². The summed E-state index contributed by atoms with van der Waals surface area (Å²) in [7, 11) is 2.99. The summed E-state index contributed by atoms with van der Waals surface area (Å²) < 4.78 is 10.9. The van der Waals surface area contributed by atoms with E-state index in [1.54, 1.807) is 73.7 Å². The zero-order valence-electron chi connectivity index (χ0n) is 26.2. The van der Waals surface area contributed by atoms with Gasteiger partial charge in [0.05, 0.1) is 24.4 Å². The van der Waals surface area contributed by atoms with Crippen molar-refractivity contribution in [3.05, 3.63) is 123 Å². The number of thioether (sulfide) groups is 1. The van der Waals surface area contributed by atoms with Crippen LogP contribution in [0.15, 0.2) is 102 Å². The van der Waals surface area contributed by atoms with E-state index in [1.165, 1.54) is 50.3 Å². The summed E-state index contributed by atoms with van der Waals surface area (Å²) in [5, 5.41) is 19.0. The van der Waals surface area contributed by atoms with E-state index in [-0.39, 0.29) is 17.3 Å². The number of hydrogen-bond donors (Lipinski definition) is 3. The second kappa shape index (κ2) is 16.1. The number of nitro benzene ring substituents is 1. The lowest BCUT2D eigenvalue weighted by Crippen LogP contribution is -2.30. The molecule has 4 aromatic rings. The lowest BCUT2D eigenvalue weighted by molar-refractivity contribution is -0.384. The highest BCUT2D eigenvalue weighted by Gasteiger charge is 2.21. The number of amides is 3. The van der Waals surface area contributed by atoms with Crippen LogP contribution in [-0.4, -0.2) is 42.1 Å². The minimum atomic E-state index is -0.584. The average molecular weight is 655 g/mol. The largest absolute Gasteiger partial charge is 0.493 e. The van der Waals surface area contributed by atoms with Gasteiger partial charge >= 0.3 is 0 Å². The molecule has 12 heteroatoms. The fourth-order valence-corrected chi connectivity index (χ4v) is 5.58. The second-order valence-electron chi connectivity index (χ2n) is 10.2. The van der Waals surface area contributed by atoms with E-state index in [0.29, 0.717) is 46.0 Å². The first-order valence-corrected chi connectivity index (χ1v) is 15.4. The highest BCUT2D eigenvalue weighted by molar-refractivity contribution is 8.00. The predicted molar refractivity (Wildman–Crippen MR) is 183 cm³/mol. The average Bonchev–Trinajstić information content (AvgIpc) is 3.07. The van der Waals surface area contributed by atoms with E-state index >= 15 is 0 Å². The summed E-state index contributed by atoms with van der Waals surface area (Å²) in [5.74, 6) is -0.471. The summed E-state index contributed by atoms with van der Waals surface area (Å²) in [4.78, 5) is 51.2. The van der Waals surface area contributed by atoms with Gasteiger partial charge in [0, 0.05) is 39.5 Å². The lowest BCUT2D eigenvalue weighted by Gasteiger charge is -2.17. The Morgan fingerprint density at radius 2 is 1.66 bits per heavy atom. The molecule has 0 aliphatic carbocycles. The second-order valence-corrected chi connectivity index (χ2v) is 11.5. The van der Waals surface area contributed by atoms with Crippen molar-refractivity contribution in [1.29, 1.82) is 0 Å². The van der Waals surface area contributed by atoms with Gasteiger partial charge in [-0.05, 0) is 67.4 Å². The maximum atomic E-state index is 13.7. The molecule has 0 aliphatic heterocycles. The number of benzene rings is 4. The van der Waals surface area contributed by atoms with Crippen LogP contribution in [0.25, 0.3) is 6.08 Å². The topological polar surface area (TPSA) is 149 Å². The maximum Gasteiger partial charge on any atom is 0.272 e. The van der Waals surface area contributed by atoms with Crippen molar-refractivity contribution in [1.82, 2.24) is 5.32 Å². The Labute approximate surface area is 276 Å². The number of hydrogen-bond acceptors (Lipinski definition) is 8. The van der Waals surface area contributed by atoms with Crippen molar-refractivity contribution in [3.8, 4) is 11.5 Å². The van der Waals surface area contributed by atoms with Gasteiger partial charge in [-0.3, -0.25) is 24.5 Å². The Morgan fingerprint density at radius 3 is 2.32 bits per heavy atom. The minimum absolute atomic E-state index is 0.0345. The number of nitrogens with one attached hydrogen (secondary N) is 3. The maximum absolute atomic E-state index is 13.7. The molecule has 0 fully saturated rings. The van der Waals surface area contributed by atoms with Crippen molar-refractivity contribution in [2.45, 2.75) is 30.4 Å². The number of anilines is 2. The number of non-ortho nitro benzene ring substituents is 1. The molecule has 0 aromatic heterocycles. The van der Waals surface area contributed by atoms with Crippen LogP contribution in [0.1, 0.15) is 34.8 Å². The van der Waals surface area contributed by atoms with Crippen molar-refractivity contribution < 1.29 is 28.8 Å². The van der Waals surface area contributed by atoms with Crippen molar-refractivity contribution in [2.75, 3.05) is 24.9 Å². The van der Waals surface area contributed by atoms with Gasteiger partial charge in [-0.25, -0.2) is 0 Å². The van der Waals surface area contributed by atoms with E-state index in [1.807, 2.05) is 13.0 Å². The molecule has 47 heavy (non-hydrogen) atoms. The van der Waals surface area contributed by atoms with Crippen LogP contribution in [0.4, 0.5) is 17.1 Å². The molecule has 1 atom stereocenters. The Kier molecular flexibility index (Phi) is 11.7. The Morgan fingerprint density at radius 1 is 0.915 bits per heavy atom. The van der Waals surface area contributed by atoms with Crippen LogP contribution in [-0.2, 0) is 9.59 Å². The number of para-hydroxylation sites is 1. The molecular formula is C35H34N4O7S. The predicted octanol–water partition coefficient (Wildman–Crippen LogP) is 6.84. The third-order valence-electron chi connectivity index (χ3n) is 6.97. The molecule has 1 unspecified atom stereocenters. The van der Waals surface area contributed by atoms with E-state index < -0.39 is 22.0 Å². The number of carbonyl (C=O) groups excluding carboxylic acids is 3. The number of carbonyl (C=O) groups is 3. The third kappa shape index (κ3) is 8.98. The van der Waals surface area contributed by atoms with Gasteiger partial charge in [0.1, 0.15) is 5.70 Å². The fraction of sp³-hybridized carbons (Fsp3) is 0.171. The zero-order valence-corrected chi connectivity index (χ0v) is 27.1. The van der Waals surface area contributed by atoms with E-state index in [4.69, 9.17) is 9.47 Å². The lowest BCUT2D eigenvalue weighted by atomic mass is 10.1. The fourth-order valence-electron chi connectivity index (χ4n) is 4.57. The molecule has 4 rings (SSSR count). The first-order chi connectivity index (χ1) is 22.6. The molecule has 242 valence electrons. The smallest absolute Gasteiger partial charge is 0.272 e. The molecule has 0 saturated heterocycles. The van der Waals surface area contributed by atoms with Crippen LogP contribution >= 0.6 is 11.8 Å². The number of nitrogens with zero attached hydrogens (tertiary/aromatic N) is 1. The van der Waals surface area contributed by atoms with Crippen molar-refractivity contribution >= 4 is 52.6 Å². The number of aryl methyl sites for hydroxylation is 1. The van der Waals surface area contributed by atoms with Gasteiger partial charge in [0.15, 0.2) is 11.5 Å². The zero-order chi connectivity index (χ0) is 33.9. The molecule has 0 radical (unpaired) electrons. The minimum Gasteiger partial charge on any atom is -0.493 e. The van der Waals surface area contributed by atoms with Crippen LogP contribution < -0.4 is 25.4 Å². The summed E-state index contributed by atoms with van der Waals surface area (Å²) in [6, 6.07) is 25.0. The first-order valence-electron chi connectivity index (χ1n) is 14.6. The van der Waals surface area contributed by atoms with Crippen LogP contribution in [0.3, 0.4) is 0 Å². The first kappa shape index (κ1) is 34.3. The van der Waals surface area contributed by atoms with E-state index in [0.717, 1.165) is 4.90 Å². The molecule has 3 N–H and O–H groups in total. The van der Waals surface area contributed by atoms with Gasteiger partial charge in [-0.15, -0.1) is 11.8 Å². The standard InChI is InChI=1S/C35H34N4O7S/c1-5-31(35(42)37-28-18-17-26(39(43)44)19-22(28)2)47-27-15-10-14-25(21-27)36-34(41)29(38-33(40)23-11-7-6-8-12-23)20-24-13-9-16-30(45-3)32(24)46-4/h6-21,31H,5H2,1-4H3,(H,36,41)(H,37,42)(H,38,40)/b29-20+. The van der Waals surface area contributed by atoms with Crippen molar-refractivity contribution in [2.24, 2.45) is 0 Å². The molecule has 0 heterocycles. The summed E-state index contributed by atoms with van der Waals surface area (Å²) >= 11 is 1.31. The molecule has 11 nitrogen and oxygen atoms in total. The molecule has 0 spiro atoms. The van der Waals surface area contributed by atoms with Gasteiger partial charge in [0.2, 0.25) is 5.91 Å². The van der Waals surface area contributed by atoms with Crippen LogP contribution in [0.5, 0.6) is 11.5 Å². The van der Waals surface area contributed by atoms with Crippen molar-refractivity contribution in [3.63, 3.8) is 0 Å². The SMILES string of the molecule is CCC(Sc1cccc(NC(=O)/C(=C\c2cccc(OC)c2OC)NC(=O)c2ccccc2)c1)C(=O)Nc1ccc([N+](=O)[O-])cc1C. The number of methoxy groups -OCH3 is 2. The van der Waals surface area contributed by atoms with Crippen LogP contribution in [0.2, 0.25) is 0 Å². The van der Waals surface area contributed by atoms with E-state index in [2.05, 4.69) is 16.0 Å². The van der Waals surface area contributed by atoms with Crippen LogP contribution in [0, 0.1) is 17.0 Å². The van der Waals surface area contributed by atoms with Gasteiger partial charge < -0.3 is 25.4 Å². The highest BCUT2D eigenvalue weighted by atomic mass is 32.2. The Hall–Kier alpha value is -5.62. The molecule has 0 aliphatic rings. The molecular weight excluding hydrogens is 620 g/mol. The summed E-state index contributed by atoms with van der Waals surface area (Å²) in [6.45, 7) is 3.57. The highest BCUT2D eigenvalue weighted by Crippen LogP contribution is 2.33. The number of rotatable bonds is 13. The monoisotopic (exact) mass is 654 g/mol. The summed E-state index contributed by atoms with van der Waals surface area (Å²) in [6.07, 6.45) is 2.01. The third-order valence-corrected chi connectivity index (χ3v) is 8.33. The number of ether oxygens (including phenoxy) is 2. The normalized spacial score (nSPS) is 11.6. The molecule has 0 saturated carbocycles. The Bertz CT molecular complexity index is 1810. The van der Waals surface area contributed by atoms with E-state index in [9.17, 15) is 24.5 Å². The summed E-state index contributed by atoms with van der Waals surface area (Å²) in [5.41, 5.74) is 2.30. The van der Waals surface area contributed by atoms with Gasteiger partial charge in [-0.1, -0.05) is 43.3 Å². The molecule has 4 aromatic carbocycles. The number of nitro groups is 1.